The van der Waals surface area contributed by atoms with E-state index in [1.807, 2.05) is 24.3 Å². The second-order valence-corrected chi connectivity index (χ2v) is 6.59. The predicted octanol–water partition coefficient (Wildman–Crippen LogP) is 2.92. The van der Waals surface area contributed by atoms with Gasteiger partial charge in [-0.05, 0) is 24.1 Å². The first kappa shape index (κ1) is 18.2. The third-order valence-electron chi connectivity index (χ3n) is 4.40. The summed E-state index contributed by atoms with van der Waals surface area (Å²) < 4.78 is 5.17. The smallest absolute Gasteiger partial charge is 0.335 e. The third-order valence-corrected chi connectivity index (χ3v) is 4.69. The Morgan fingerprint density at radius 1 is 1.46 bits per heavy atom. The number of nitrogens with two attached hydrogens (primary N) is 1. The number of rotatable bonds is 6. The summed E-state index contributed by atoms with van der Waals surface area (Å²) in [4.78, 5) is 16.8. The topological polar surface area (TPSA) is 107 Å². The zero-order chi connectivity index (χ0) is 18.7. The van der Waals surface area contributed by atoms with Crippen molar-refractivity contribution in [3.8, 4) is 5.75 Å². The minimum atomic E-state index is -0.555. The van der Waals surface area contributed by atoms with Gasteiger partial charge in [-0.3, -0.25) is 15.0 Å². The molecular weight excluding hydrogens is 358 g/mol. The van der Waals surface area contributed by atoms with E-state index in [0.29, 0.717) is 0 Å². The van der Waals surface area contributed by atoms with E-state index in [1.165, 1.54) is 11.8 Å². The van der Waals surface area contributed by atoms with Gasteiger partial charge in [0.15, 0.2) is 0 Å². The van der Waals surface area contributed by atoms with Crippen LogP contribution in [0, 0.1) is 10.1 Å². The Hall–Kier alpha value is -2.58. The van der Waals surface area contributed by atoms with Gasteiger partial charge in [0, 0.05) is 25.7 Å². The number of benzene rings is 1. The van der Waals surface area contributed by atoms with Gasteiger partial charge in [0.05, 0.1) is 23.3 Å². The molecule has 1 aromatic carbocycles. The van der Waals surface area contributed by atoms with Crippen molar-refractivity contribution < 1.29 is 9.66 Å². The van der Waals surface area contributed by atoms with E-state index in [9.17, 15) is 10.1 Å². The first-order valence-corrected chi connectivity index (χ1v) is 8.56. The van der Waals surface area contributed by atoms with Crippen molar-refractivity contribution in [2.45, 2.75) is 19.0 Å². The maximum Gasteiger partial charge on any atom is 0.335 e. The maximum atomic E-state index is 11.3. The highest BCUT2D eigenvalue weighted by Gasteiger charge is 2.28. The minimum Gasteiger partial charge on any atom is -0.497 e. The highest BCUT2D eigenvalue weighted by atomic mass is 35.5. The normalized spacial score (nSPS) is 17.2. The lowest BCUT2D eigenvalue weighted by molar-refractivity contribution is -0.383. The van der Waals surface area contributed by atoms with Crippen LogP contribution in [-0.4, -0.2) is 41.0 Å². The molecule has 1 aliphatic heterocycles. The van der Waals surface area contributed by atoms with Crippen molar-refractivity contribution in [2.24, 2.45) is 0 Å². The molecule has 1 fully saturated rings. The summed E-state index contributed by atoms with van der Waals surface area (Å²) in [5.41, 5.74) is 6.79. The number of nitro groups is 1. The molecule has 2 heterocycles. The molecule has 0 spiro atoms. The number of pyridine rings is 1. The Labute approximate surface area is 156 Å². The van der Waals surface area contributed by atoms with E-state index >= 15 is 0 Å². The lowest BCUT2D eigenvalue weighted by Crippen LogP contribution is -2.26. The molecule has 8 nitrogen and oxygen atoms in total. The van der Waals surface area contributed by atoms with Gasteiger partial charge in [-0.15, -0.1) is 0 Å². The molecule has 0 aliphatic carbocycles. The molecule has 1 aromatic heterocycles. The molecule has 0 radical (unpaired) electrons. The highest BCUT2D eigenvalue weighted by molar-refractivity contribution is 6.33. The zero-order valence-corrected chi connectivity index (χ0v) is 15.1. The molecule has 3 rings (SSSR count). The van der Waals surface area contributed by atoms with Gasteiger partial charge in [0.25, 0.3) is 0 Å². The number of hydrogen-bond acceptors (Lipinski definition) is 7. The number of likely N-dealkylation sites (tertiary alicyclic amines) is 1. The molecule has 0 bridgehead atoms. The number of nitrogens with zero attached hydrogens (tertiary/aromatic N) is 3. The van der Waals surface area contributed by atoms with Crippen molar-refractivity contribution in [1.82, 2.24) is 9.88 Å². The molecule has 1 aliphatic rings. The number of methoxy groups -OCH3 is 1. The summed E-state index contributed by atoms with van der Waals surface area (Å²) in [6, 6.07) is 7.98. The summed E-state index contributed by atoms with van der Waals surface area (Å²) >= 11 is 6.11. The quantitative estimate of drug-likeness (QED) is 0.588. The van der Waals surface area contributed by atoms with Gasteiger partial charge < -0.3 is 15.8 Å². The number of halogens is 1. The third kappa shape index (κ3) is 3.97. The van der Waals surface area contributed by atoms with Crippen LogP contribution < -0.4 is 15.8 Å². The molecule has 2 aromatic rings. The van der Waals surface area contributed by atoms with Crippen LogP contribution in [0.2, 0.25) is 5.02 Å². The van der Waals surface area contributed by atoms with Crippen LogP contribution in [0.5, 0.6) is 5.75 Å². The Morgan fingerprint density at radius 2 is 2.19 bits per heavy atom. The molecular formula is C17H20ClN5O3. The van der Waals surface area contributed by atoms with Gasteiger partial charge in [-0.2, -0.15) is 0 Å². The molecule has 1 atom stereocenters. The first-order chi connectivity index (χ1) is 12.5. The predicted molar refractivity (Wildman–Crippen MR) is 101 cm³/mol. The van der Waals surface area contributed by atoms with Crippen molar-refractivity contribution in [3.05, 3.63) is 51.2 Å². The fourth-order valence-electron chi connectivity index (χ4n) is 3.10. The van der Waals surface area contributed by atoms with Gasteiger partial charge >= 0.3 is 5.69 Å². The van der Waals surface area contributed by atoms with Gasteiger partial charge in [0.1, 0.15) is 11.4 Å². The average Bonchev–Trinajstić information content (AvgIpc) is 3.05. The van der Waals surface area contributed by atoms with E-state index in [0.717, 1.165) is 31.8 Å². The summed E-state index contributed by atoms with van der Waals surface area (Å²) in [5.74, 6) is 0.682. The van der Waals surface area contributed by atoms with E-state index in [-0.39, 0.29) is 28.3 Å². The number of aromatic nitrogens is 1. The maximum absolute atomic E-state index is 11.3. The van der Waals surface area contributed by atoms with Crippen LogP contribution in [0.1, 0.15) is 12.0 Å². The molecule has 3 N–H and O–H groups in total. The summed E-state index contributed by atoms with van der Waals surface area (Å²) in [7, 11) is 1.64. The molecule has 0 amide bonds. The van der Waals surface area contributed by atoms with Crippen molar-refractivity contribution in [1.29, 1.82) is 0 Å². The Morgan fingerprint density at radius 3 is 2.85 bits per heavy atom. The van der Waals surface area contributed by atoms with Crippen molar-refractivity contribution >= 4 is 28.8 Å². The Bertz CT molecular complexity index is 800. The average molecular weight is 378 g/mol. The van der Waals surface area contributed by atoms with E-state index in [1.54, 1.807) is 7.11 Å². The largest absolute Gasteiger partial charge is 0.497 e. The lowest BCUT2D eigenvalue weighted by atomic mass is 10.2. The van der Waals surface area contributed by atoms with E-state index in [2.05, 4.69) is 15.2 Å². The Kier molecular flexibility index (Phi) is 5.43. The number of anilines is 2. The number of hydrogen-bond donors (Lipinski definition) is 2. The second kappa shape index (κ2) is 7.76. The van der Waals surface area contributed by atoms with E-state index < -0.39 is 4.92 Å². The fourth-order valence-corrected chi connectivity index (χ4v) is 3.30. The van der Waals surface area contributed by atoms with Crippen LogP contribution in [-0.2, 0) is 6.54 Å². The number of nitrogen functional groups attached to an aromatic ring is 1. The summed E-state index contributed by atoms with van der Waals surface area (Å²) in [6.45, 7) is 2.44. The Balaban J connectivity index is 1.66. The van der Waals surface area contributed by atoms with Crippen LogP contribution in [0.25, 0.3) is 0 Å². The van der Waals surface area contributed by atoms with Gasteiger partial charge in [-0.25, -0.2) is 4.98 Å². The standard InChI is InChI=1S/C17H20ClN5O3/c1-26-13-4-2-11(3-5-13)9-22-7-6-12(10-22)21-15-14(18)8-20-17(19)16(15)23(24)25/h2-5,8,12H,6-7,9-10H2,1H3,(H3,19,20,21)/t12-/m0/s1. The van der Waals surface area contributed by atoms with Crippen molar-refractivity contribution in [2.75, 3.05) is 31.2 Å². The second-order valence-electron chi connectivity index (χ2n) is 6.19. The molecule has 0 unspecified atom stereocenters. The van der Waals surface area contributed by atoms with Gasteiger partial charge in [-0.1, -0.05) is 23.7 Å². The highest BCUT2D eigenvalue weighted by Crippen LogP contribution is 2.36. The number of ether oxygens (including phenoxy) is 1. The summed E-state index contributed by atoms with van der Waals surface area (Å²) in [5, 5.41) is 14.7. The van der Waals surface area contributed by atoms with Crippen molar-refractivity contribution in [3.63, 3.8) is 0 Å². The SMILES string of the molecule is COc1ccc(CN2CC[C@H](Nc3c(Cl)cnc(N)c3[N+](=O)[O-])C2)cc1. The minimum absolute atomic E-state index is 0.0475. The first-order valence-electron chi connectivity index (χ1n) is 8.18. The zero-order valence-electron chi connectivity index (χ0n) is 14.3. The molecule has 1 saturated heterocycles. The fraction of sp³-hybridized carbons (Fsp3) is 0.353. The lowest BCUT2D eigenvalue weighted by Gasteiger charge is -2.18. The van der Waals surface area contributed by atoms with Crippen LogP contribution in [0.3, 0.4) is 0 Å². The van der Waals surface area contributed by atoms with Gasteiger partial charge in [0.2, 0.25) is 5.82 Å². The van der Waals surface area contributed by atoms with Crippen LogP contribution in [0.4, 0.5) is 17.2 Å². The monoisotopic (exact) mass is 377 g/mol. The molecule has 0 saturated carbocycles. The van der Waals surface area contributed by atoms with Crippen LogP contribution >= 0.6 is 11.6 Å². The summed E-state index contributed by atoms with van der Waals surface area (Å²) in [6.07, 6.45) is 2.18. The van der Waals surface area contributed by atoms with Crippen LogP contribution in [0.15, 0.2) is 30.5 Å². The number of nitrogens with one attached hydrogen (secondary N) is 1. The molecule has 138 valence electrons. The van der Waals surface area contributed by atoms with E-state index in [4.69, 9.17) is 22.1 Å². The molecule has 9 heteroatoms. The molecule has 26 heavy (non-hydrogen) atoms.